The molecule has 0 N–H and O–H groups in total. The molecule has 0 saturated carbocycles. The van der Waals surface area contributed by atoms with Crippen molar-refractivity contribution in [1.82, 2.24) is 4.90 Å². The number of ether oxygens (including phenoxy) is 1. The highest BCUT2D eigenvalue weighted by Crippen LogP contribution is 2.18. The van der Waals surface area contributed by atoms with Crippen molar-refractivity contribution in [3.8, 4) is 0 Å². The van der Waals surface area contributed by atoms with Crippen LogP contribution in [0.3, 0.4) is 0 Å². The lowest BCUT2D eigenvalue weighted by molar-refractivity contribution is -0.130. The second-order valence-corrected chi connectivity index (χ2v) is 7.08. The molecule has 26 heavy (non-hydrogen) atoms. The Kier molecular flexibility index (Phi) is 6.53. The summed E-state index contributed by atoms with van der Waals surface area (Å²) in [5.41, 5.74) is 3.49. The molecule has 0 atom stereocenters. The first kappa shape index (κ1) is 18.7. The van der Waals surface area contributed by atoms with Gasteiger partial charge in [-0.1, -0.05) is 35.9 Å². The number of carbonyl (C=O) groups excluding carboxylic acids is 1. The maximum atomic E-state index is 12.4. The van der Waals surface area contributed by atoms with E-state index in [2.05, 4.69) is 29.2 Å². The van der Waals surface area contributed by atoms with Crippen LogP contribution in [0.5, 0.6) is 0 Å². The van der Waals surface area contributed by atoms with Crippen LogP contribution >= 0.6 is 11.6 Å². The second kappa shape index (κ2) is 9.06. The van der Waals surface area contributed by atoms with Gasteiger partial charge in [-0.05, 0) is 41.8 Å². The summed E-state index contributed by atoms with van der Waals surface area (Å²) in [4.78, 5) is 16.5. The molecule has 0 spiro atoms. The van der Waals surface area contributed by atoms with E-state index in [0.717, 1.165) is 48.9 Å². The standard InChI is InChI=1S/C21H25ClN2O2/c1-23(21(25)11-6-17-2-7-19(22)8-3-17)16-18-4-9-20(10-5-18)24-12-14-26-15-13-24/h2-5,7-10H,6,11-16H2,1H3. The average Bonchev–Trinajstić information content (AvgIpc) is 2.68. The van der Waals surface area contributed by atoms with E-state index >= 15 is 0 Å². The molecule has 138 valence electrons. The minimum atomic E-state index is 0.150. The fraction of sp³-hybridized carbons (Fsp3) is 0.381. The topological polar surface area (TPSA) is 32.8 Å². The number of amides is 1. The summed E-state index contributed by atoms with van der Waals surface area (Å²) in [6.07, 6.45) is 1.24. The second-order valence-electron chi connectivity index (χ2n) is 6.64. The van der Waals surface area contributed by atoms with Crippen LogP contribution in [0.1, 0.15) is 17.5 Å². The van der Waals surface area contributed by atoms with Crippen molar-refractivity contribution >= 4 is 23.2 Å². The fourth-order valence-corrected chi connectivity index (χ4v) is 3.21. The van der Waals surface area contributed by atoms with Crippen molar-refractivity contribution < 1.29 is 9.53 Å². The van der Waals surface area contributed by atoms with E-state index in [4.69, 9.17) is 16.3 Å². The molecule has 2 aromatic rings. The molecule has 0 unspecified atom stereocenters. The summed E-state index contributed by atoms with van der Waals surface area (Å²) in [6, 6.07) is 16.1. The van der Waals surface area contributed by atoms with Crippen molar-refractivity contribution in [2.24, 2.45) is 0 Å². The van der Waals surface area contributed by atoms with Crippen LogP contribution in [0.15, 0.2) is 48.5 Å². The normalized spacial score (nSPS) is 14.3. The zero-order valence-electron chi connectivity index (χ0n) is 15.2. The molecule has 1 fully saturated rings. The van der Waals surface area contributed by atoms with Crippen molar-refractivity contribution in [2.45, 2.75) is 19.4 Å². The first-order valence-electron chi connectivity index (χ1n) is 9.02. The third-order valence-corrected chi connectivity index (χ3v) is 4.95. The van der Waals surface area contributed by atoms with E-state index in [1.54, 1.807) is 4.90 Å². The third-order valence-electron chi connectivity index (χ3n) is 4.70. The molecule has 3 rings (SSSR count). The van der Waals surface area contributed by atoms with E-state index in [9.17, 15) is 4.79 Å². The van der Waals surface area contributed by atoms with Gasteiger partial charge in [0.15, 0.2) is 0 Å². The summed E-state index contributed by atoms with van der Waals surface area (Å²) >= 11 is 5.89. The number of aryl methyl sites for hydroxylation is 1. The van der Waals surface area contributed by atoms with Crippen LogP contribution in [-0.2, 0) is 22.5 Å². The Balaban J connectivity index is 1.49. The average molecular weight is 373 g/mol. The smallest absolute Gasteiger partial charge is 0.222 e. The fourth-order valence-electron chi connectivity index (χ4n) is 3.09. The number of morpholine rings is 1. The number of nitrogens with zero attached hydrogens (tertiary/aromatic N) is 2. The molecule has 0 aromatic heterocycles. The predicted molar refractivity (Wildman–Crippen MR) is 106 cm³/mol. The number of benzene rings is 2. The molecule has 1 saturated heterocycles. The Bertz CT molecular complexity index is 710. The zero-order chi connectivity index (χ0) is 18.4. The van der Waals surface area contributed by atoms with Crippen LogP contribution < -0.4 is 4.90 Å². The van der Waals surface area contributed by atoms with Crippen LogP contribution in [0.25, 0.3) is 0 Å². The van der Waals surface area contributed by atoms with Gasteiger partial charge in [0.25, 0.3) is 0 Å². The van der Waals surface area contributed by atoms with E-state index in [0.29, 0.717) is 13.0 Å². The molecule has 0 aliphatic carbocycles. The zero-order valence-corrected chi connectivity index (χ0v) is 15.9. The molecule has 1 heterocycles. The van der Waals surface area contributed by atoms with Gasteiger partial charge in [0, 0.05) is 43.8 Å². The molecular formula is C21H25ClN2O2. The maximum absolute atomic E-state index is 12.4. The monoisotopic (exact) mass is 372 g/mol. The Morgan fingerprint density at radius 2 is 1.65 bits per heavy atom. The number of hydrogen-bond donors (Lipinski definition) is 0. The summed E-state index contributed by atoms with van der Waals surface area (Å²) in [7, 11) is 1.86. The van der Waals surface area contributed by atoms with Crippen molar-refractivity contribution in [2.75, 3.05) is 38.3 Å². The lowest BCUT2D eigenvalue weighted by Crippen LogP contribution is -2.36. The van der Waals surface area contributed by atoms with Crippen LogP contribution in [-0.4, -0.2) is 44.2 Å². The quantitative estimate of drug-likeness (QED) is 0.773. The first-order chi connectivity index (χ1) is 12.6. The number of carbonyl (C=O) groups is 1. The van der Waals surface area contributed by atoms with Gasteiger partial charge in [-0.3, -0.25) is 4.79 Å². The van der Waals surface area contributed by atoms with E-state index < -0.39 is 0 Å². The molecule has 1 aliphatic rings. The number of halogens is 1. The number of anilines is 1. The summed E-state index contributed by atoms with van der Waals surface area (Å²) < 4.78 is 5.39. The largest absolute Gasteiger partial charge is 0.378 e. The highest BCUT2D eigenvalue weighted by atomic mass is 35.5. The molecule has 0 bridgehead atoms. The minimum Gasteiger partial charge on any atom is -0.378 e. The Labute approximate surface area is 160 Å². The SMILES string of the molecule is CN(Cc1ccc(N2CCOCC2)cc1)C(=O)CCc1ccc(Cl)cc1. The van der Waals surface area contributed by atoms with Gasteiger partial charge in [0.05, 0.1) is 13.2 Å². The Morgan fingerprint density at radius 3 is 2.31 bits per heavy atom. The Hall–Kier alpha value is -2.04. The molecule has 1 amide bonds. The van der Waals surface area contributed by atoms with Gasteiger partial charge >= 0.3 is 0 Å². The molecular weight excluding hydrogens is 348 g/mol. The van der Waals surface area contributed by atoms with E-state index in [-0.39, 0.29) is 5.91 Å². The summed E-state index contributed by atoms with van der Waals surface area (Å²) in [5.74, 6) is 0.150. The summed E-state index contributed by atoms with van der Waals surface area (Å²) in [5, 5.41) is 0.720. The van der Waals surface area contributed by atoms with Crippen molar-refractivity contribution in [3.63, 3.8) is 0 Å². The van der Waals surface area contributed by atoms with Gasteiger partial charge in [0.2, 0.25) is 5.91 Å². The highest BCUT2D eigenvalue weighted by molar-refractivity contribution is 6.30. The third kappa shape index (κ3) is 5.23. The van der Waals surface area contributed by atoms with Crippen molar-refractivity contribution in [1.29, 1.82) is 0 Å². The van der Waals surface area contributed by atoms with Gasteiger partial charge in [-0.2, -0.15) is 0 Å². The summed E-state index contributed by atoms with van der Waals surface area (Å²) in [6.45, 7) is 4.06. The lowest BCUT2D eigenvalue weighted by atomic mass is 10.1. The minimum absolute atomic E-state index is 0.150. The van der Waals surface area contributed by atoms with E-state index in [1.165, 1.54) is 5.69 Å². The number of rotatable bonds is 6. The lowest BCUT2D eigenvalue weighted by Gasteiger charge is -2.29. The maximum Gasteiger partial charge on any atom is 0.222 e. The van der Waals surface area contributed by atoms with Gasteiger partial charge < -0.3 is 14.5 Å². The molecule has 1 aliphatic heterocycles. The van der Waals surface area contributed by atoms with Gasteiger partial charge in [0.1, 0.15) is 0 Å². The first-order valence-corrected chi connectivity index (χ1v) is 9.39. The van der Waals surface area contributed by atoms with Crippen LogP contribution in [0.4, 0.5) is 5.69 Å². The van der Waals surface area contributed by atoms with Crippen LogP contribution in [0, 0.1) is 0 Å². The van der Waals surface area contributed by atoms with Gasteiger partial charge in [-0.15, -0.1) is 0 Å². The Morgan fingerprint density at radius 1 is 1.04 bits per heavy atom. The van der Waals surface area contributed by atoms with Crippen LogP contribution in [0.2, 0.25) is 5.02 Å². The molecule has 0 radical (unpaired) electrons. The number of hydrogen-bond acceptors (Lipinski definition) is 3. The van der Waals surface area contributed by atoms with Crippen molar-refractivity contribution in [3.05, 3.63) is 64.7 Å². The highest BCUT2D eigenvalue weighted by Gasteiger charge is 2.12. The molecule has 2 aromatic carbocycles. The van der Waals surface area contributed by atoms with Gasteiger partial charge in [-0.25, -0.2) is 0 Å². The predicted octanol–water partition coefficient (Wildman–Crippen LogP) is 3.77. The molecule has 5 heteroatoms. The van der Waals surface area contributed by atoms with E-state index in [1.807, 2.05) is 31.3 Å². The molecule has 4 nitrogen and oxygen atoms in total.